The van der Waals surface area contributed by atoms with Crippen LogP contribution in [0.5, 0.6) is 5.75 Å². The van der Waals surface area contributed by atoms with Crippen LogP contribution in [0.3, 0.4) is 0 Å². The molecule has 0 spiro atoms. The maximum absolute atomic E-state index is 6.39. The van der Waals surface area contributed by atoms with E-state index in [1.807, 2.05) is 18.2 Å². The first kappa shape index (κ1) is 14.1. The first-order chi connectivity index (χ1) is 8.84. The largest absolute Gasteiger partial charge is 0.543 e. The molecule has 0 amide bonds. The summed E-state index contributed by atoms with van der Waals surface area (Å²) in [6.45, 7) is 13.7. The minimum absolute atomic E-state index is 0.507. The fraction of sp³-hybridized carbons (Fsp3) is 0.412. The van der Waals surface area contributed by atoms with Crippen molar-refractivity contribution in [1.82, 2.24) is 0 Å². The van der Waals surface area contributed by atoms with Crippen LogP contribution in [0, 0.1) is 0 Å². The van der Waals surface area contributed by atoms with Crippen LogP contribution in [0.4, 0.5) is 0 Å². The number of benzene rings is 1. The van der Waals surface area contributed by atoms with Gasteiger partial charge in [0.2, 0.25) is 0 Å². The van der Waals surface area contributed by atoms with E-state index in [0.29, 0.717) is 5.54 Å². The molecule has 0 saturated carbocycles. The lowest BCUT2D eigenvalue weighted by molar-refractivity contribution is 0.540. The molecule has 1 aromatic rings. The molecule has 0 N–H and O–H groups in total. The van der Waals surface area contributed by atoms with Gasteiger partial charge in [-0.25, -0.2) is 0 Å². The molecule has 0 unspecified atom stereocenters. The third-order valence-corrected chi connectivity index (χ3v) is 7.45. The highest BCUT2D eigenvalue weighted by atomic mass is 28.4. The van der Waals surface area contributed by atoms with Crippen LogP contribution < -0.4 is 4.43 Å². The van der Waals surface area contributed by atoms with Gasteiger partial charge in [-0.2, -0.15) is 0 Å². The predicted molar refractivity (Wildman–Crippen MR) is 85.1 cm³/mol. The Balaban J connectivity index is 2.31. The third-order valence-electron chi connectivity index (χ3n) is 4.43. The van der Waals surface area contributed by atoms with Crippen molar-refractivity contribution in [2.75, 3.05) is 0 Å². The molecule has 0 saturated heterocycles. The zero-order chi connectivity index (χ0) is 14.2. The SMILES string of the molecule is CC1=C(C)C([Si](C)(C)Oc2ccccc2)C(C)=C1C. The van der Waals surface area contributed by atoms with Gasteiger partial charge in [0.05, 0.1) is 0 Å². The molecular formula is C17H24OSi. The summed E-state index contributed by atoms with van der Waals surface area (Å²) in [5.74, 6) is 1.00. The maximum Gasteiger partial charge on any atom is 0.256 e. The first-order valence-corrected chi connectivity index (χ1v) is 9.92. The summed E-state index contributed by atoms with van der Waals surface area (Å²) >= 11 is 0. The maximum atomic E-state index is 6.39. The van der Waals surface area contributed by atoms with Crippen molar-refractivity contribution in [2.24, 2.45) is 0 Å². The van der Waals surface area contributed by atoms with Crippen LogP contribution >= 0.6 is 0 Å². The summed E-state index contributed by atoms with van der Waals surface area (Å²) in [6, 6.07) is 10.2. The summed E-state index contributed by atoms with van der Waals surface area (Å²) in [6.07, 6.45) is 0. The van der Waals surface area contributed by atoms with E-state index < -0.39 is 8.32 Å². The molecule has 1 aliphatic carbocycles. The monoisotopic (exact) mass is 272 g/mol. The lowest BCUT2D eigenvalue weighted by Gasteiger charge is -2.32. The standard InChI is InChI=1S/C17H24OSi/c1-12-13(2)15(4)17(14(12)3)19(5,6)18-16-10-8-7-9-11-16/h7-11,17H,1-6H3. The van der Waals surface area contributed by atoms with Crippen molar-refractivity contribution in [3.05, 3.63) is 52.6 Å². The van der Waals surface area contributed by atoms with Crippen LogP contribution in [-0.2, 0) is 0 Å². The Labute approximate surface area is 118 Å². The first-order valence-electron chi connectivity index (χ1n) is 6.93. The fourth-order valence-electron chi connectivity index (χ4n) is 3.24. The second-order valence-electron chi connectivity index (χ2n) is 6.07. The van der Waals surface area contributed by atoms with E-state index in [-0.39, 0.29) is 0 Å². The summed E-state index contributed by atoms with van der Waals surface area (Å²) in [7, 11) is -1.84. The number of hydrogen-bond donors (Lipinski definition) is 0. The highest BCUT2D eigenvalue weighted by Crippen LogP contribution is 2.46. The van der Waals surface area contributed by atoms with Gasteiger partial charge in [0.25, 0.3) is 8.32 Å². The molecule has 0 radical (unpaired) electrons. The summed E-state index contributed by atoms with van der Waals surface area (Å²) in [5, 5.41) is 0. The predicted octanol–water partition coefficient (Wildman–Crippen LogP) is 5.33. The van der Waals surface area contributed by atoms with Crippen molar-refractivity contribution < 1.29 is 4.43 Å². The second-order valence-corrected chi connectivity index (χ2v) is 10.1. The van der Waals surface area contributed by atoms with Gasteiger partial charge >= 0.3 is 0 Å². The van der Waals surface area contributed by atoms with E-state index in [1.54, 1.807) is 0 Å². The topological polar surface area (TPSA) is 9.23 Å². The average molecular weight is 272 g/mol. The molecule has 1 nitrogen and oxygen atoms in total. The van der Waals surface area contributed by atoms with Gasteiger partial charge in [0, 0.05) is 5.54 Å². The smallest absolute Gasteiger partial charge is 0.256 e. The molecule has 0 aliphatic heterocycles. The lowest BCUT2D eigenvalue weighted by atomic mass is 10.1. The molecule has 0 fully saturated rings. The van der Waals surface area contributed by atoms with Crippen molar-refractivity contribution in [3.63, 3.8) is 0 Å². The van der Waals surface area contributed by atoms with E-state index in [0.717, 1.165) is 5.75 Å². The van der Waals surface area contributed by atoms with Gasteiger partial charge < -0.3 is 4.43 Å². The highest BCUT2D eigenvalue weighted by Gasteiger charge is 2.41. The molecule has 102 valence electrons. The van der Waals surface area contributed by atoms with Gasteiger partial charge in [-0.1, -0.05) is 29.3 Å². The van der Waals surface area contributed by atoms with Gasteiger partial charge in [0.1, 0.15) is 5.75 Å². The number of para-hydroxylation sites is 1. The average Bonchev–Trinajstić information content (AvgIpc) is 2.55. The zero-order valence-electron chi connectivity index (χ0n) is 12.9. The zero-order valence-corrected chi connectivity index (χ0v) is 13.9. The second kappa shape index (κ2) is 5.01. The molecule has 1 aliphatic rings. The van der Waals surface area contributed by atoms with E-state index in [1.165, 1.54) is 22.3 Å². The van der Waals surface area contributed by atoms with Crippen LogP contribution in [0.2, 0.25) is 18.6 Å². The van der Waals surface area contributed by atoms with E-state index in [4.69, 9.17) is 4.43 Å². The van der Waals surface area contributed by atoms with E-state index in [2.05, 4.69) is 52.9 Å². The van der Waals surface area contributed by atoms with E-state index in [9.17, 15) is 0 Å². The minimum atomic E-state index is -1.84. The molecule has 2 heteroatoms. The normalized spacial score (nSPS) is 17.4. The molecule has 0 atom stereocenters. The Kier molecular flexibility index (Phi) is 3.72. The number of hydrogen-bond acceptors (Lipinski definition) is 1. The molecule has 0 aromatic heterocycles. The van der Waals surface area contributed by atoms with Crippen molar-refractivity contribution in [2.45, 2.75) is 46.3 Å². The van der Waals surface area contributed by atoms with Gasteiger partial charge in [-0.3, -0.25) is 0 Å². The summed E-state index contributed by atoms with van der Waals surface area (Å²) in [4.78, 5) is 0. The molecule has 19 heavy (non-hydrogen) atoms. The van der Waals surface area contributed by atoms with Crippen molar-refractivity contribution in [3.8, 4) is 5.75 Å². The molecule has 0 heterocycles. The number of allylic oxidation sites excluding steroid dienone is 4. The Hall–Kier alpha value is -1.28. The van der Waals surface area contributed by atoms with Crippen LogP contribution in [0.1, 0.15) is 27.7 Å². The number of rotatable bonds is 3. The highest BCUT2D eigenvalue weighted by molar-refractivity contribution is 6.75. The third kappa shape index (κ3) is 2.55. The Morgan fingerprint density at radius 2 is 1.32 bits per heavy atom. The van der Waals surface area contributed by atoms with E-state index >= 15 is 0 Å². The molecule has 1 aromatic carbocycles. The van der Waals surface area contributed by atoms with Gasteiger partial charge in [-0.15, -0.1) is 0 Å². The van der Waals surface area contributed by atoms with Crippen LogP contribution in [0.15, 0.2) is 52.6 Å². The van der Waals surface area contributed by atoms with Crippen molar-refractivity contribution in [1.29, 1.82) is 0 Å². The van der Waals surface area contributed by atoms with Crippen LogP contribution in [-0.4, -0.2) is 8.32 Å². The molecule has 2 rings (SSSR count). The van der Waals surface area contributed by atoms with Crippen molar-refractivity contribution >= 4 is 8.32 Å². The Morgan fingerprint density at radius 1 is 0.842 bits per heavy atom. The quantitative estimate of drug-likeness (QED) is 0.676. The lowest BCUT2D eigenvalue weighted by Crippen LogP contribution is -2.40. The van der Waals surface area contributed by atoms with Gasteiger partial charge in [0.15, 0.2) is 0 Å². The van der Waals surface area contributed by atoms with Crippen LogP contribution in [0.25, 0.3) is 0 Å². The molecule has 0 bridgehead atoms. The summed E-state index contributed by atoms with van der Waals surface area (Å²) < 4.78 is 6.39. The Bertz CT molecular complexity index is 514. The Morgan fingerprint density at radius 3 is 1.79 bits per heavy atom. The van der Waals surface area contributed by atoms with Gasteiger partial charge in [-0.05, 0) is 64.1 Å². The minimum Gasteiger partial charge on any atom is -0.543 e. The molecular weight excluding hydrogens is 248 g/mol. The summed E-state index contributed by atoms with van der Waals surface area (Å²) in [5.41, 5.74) is 6.43. The fourth-order valence-corrected chi connectivity index (χ4v) is 6.62.